The molecule has 82 valence electrons. The Balaban J connectivity index is 2.09. The summed E-state index contributed by atoms with van der Waals surface area (Å²) in [6, 6.07) is 3.93. The molecular formula is C11H11ClN4. The maximum Gasteiger partial charge on any atom is 0.148 e. The van der Waals surface area contributed by atoms with Crippen molar-refractivity contribution in [2.45, 2.75) is 13.5 Å². The van der Waals surface area contributed by atoms with Gasteiger partial charge in [0.1, 0.15) is 17.2 Å². The zero-order valence-corrected chi connectivity index (χ0v) is 9.57. The Kier molecular flexibility index (Phi) is 3.31. The van der Waals surface area contributed by atoms with Gasteiger partial charge in [-0.05, 0) is 18.6 Å². The topological polar surface area (TPSA) is 50.7 Å². The van der Waals surface area contributed by atoms with Gasteiger partial charge in [-0.2, -0.15) is 0 Å². The second-order valence-corrected chi connectivity index (χ2v) is 3.75. The summed E-state index contributed by atoms with van der Waals surface area (Å²) < 4.78 is 0. The molecule has 2 heterocycles. The molecule has 2 rings (SSSR count). The molecule has 2 aromatic heterocycles. The Morgan fingerprint density at radius 2 is 2.25 bits per heavy atom. The predicted molar refractivity (Wildman–Crippen MR) is 63.3 cm³/mol. The Morgan fingerprint density at radius 3 is 3.00 bits per heavy atom. The van der Waals surface area contributed by atoms with Crippen LogP contribution in [0.2, 0.25) is 5.02 Å². The van der Waals surface area contributed by atoms with Gasteiger partial charge in [-0.15, -0.1) is 0 Å². The third-order valence-electron chi connectivity index (χ3n) is 2.21. The highest BCUT2D eigenvalue weighted by molar-refractivity contribution is 6.32. The summed E-state index contributed by atoms with van der Waals surface area (Å²) in [6.45, 7) is 2.62. The number of pyridine rings is 1. The molecule has 0 spiro atoms. The van der Waals surface area contributed by atoms with Gasteiger partial charge in [0.25, 0.3) is 0 Å². The number of nitrogens with zero attached hydrogens (tertiary/aromatic N) is 3. The maximum absolute atomic E-state index is 5.92. The first-order valence-electron chi connectivity index (χ1n) is 4.87. The lowest BCUT2D eigenvalue weighted by molar-refractivity contribution is 0.999. The fourth-order valence-electron chi connectivity index (χ4n) is 1.31. The number of aromatic nitrogens is 3. The summed E-state index contributed by atoms with van der Waals surface area (Å²) in [5.74, 6) is 0.627. The number of hydrogen-bond acceptors (Lipinski definition) is 4. The summed E-state index contributed by atoms with van der Waals surface area (Å²) in [7, 11) is 0. The van der Waals surface area contributed by atoms with Gasteiger partial charge in [0.2, 0.25) is 0 Å². The second-order valence-electron chi connectivity index (χ2n) is 3.34. The van der Waals surface area contributed by atoms with Crippen molar-refractivity contribution >= 4 is 17.4 Å². The molecule has 0 aliphatic rings. The number of nitrogens with one attached hydrogen (secondary N) is 1. The van der Waals surface area contributed by atoms with Crippen molar-refractivity contribution in [3.05, 3.63) is 47.1 Å². The van der Waals surface area contributed by atoms with Crippen LogP contribution in [-0.2, 0) is 6.54 Å². The minimum atomic E-state index is 0.510. The van der Waals surface area contributed by atoms with E-state index < -0.39 is 0 Å². The van der Waals surface area contributed by atoms with E-state index in [1.165, 1.54) is 6.33 Å². The molecule has 0 saturated heterocycles. The lowest BCUT2D eigenvalue weighted by atomic mass is 10.2. The molecular weight excluding hydrogens is 224 g/mol. The Hall–Kier alpha value is -1.68. The number of rotatable bonds is 3. The van der Waals surface area contributed by atoms with Crippen LogP contribution in [0.25, 0.3) is 0 Å². The molecule has 0 bridgehead atoms. The molecule has 0 aliphatic heterocycles. The van der Waals surface area contributed by atoms with Crippen molar-refractivity contribution in [3.63, 3.8) is 0 Å². The smallest absolute Gasteiger partial charge is 0.148 e. The molecule has 0 fully saturated rings. The highest BCUT2D eigenvalue weighted by Crippen LogP contribution is 2.17. The first-order chi connectivity index (χ1) is 7.77. The van der Waals surface area contributed by atoms with Crippen molar-refractivity contribution in [3.8, 4) is 0 Å². The fraction of sp³-hybridized carbons (Fsp3) is 0.182. The highest BCUT2D eigenvalue weighted by Gasteiger charge is 2.02. The largest absolute Gasteiger partial charge is 0.363 e. The predicted octanol–water partition coefficient (Wildman–Crippen LogP) is 2.45. The SMILES string of the molecule is Cc1cccnc1CNc1ncncc1Cl. The van der Waals surface area contributed by atoms with Crippen LogP contribution in [0.3, 0.4) is 0 Å². The van der Waals surface area contributed by atoms with Crippen molar-refractivity contribution in [2.24, 2.45) is 0 Å². The van der Waals surface area contributed by atoms with Crippen LogP contribution in [0.1, 0.15) is 11.3 Å². The van der Waals surface area contributed by atoms with E-state index in [4.69, 9.17) is 11.6 Å². The van der Waals surface area contributed by atoms with E-state index in [0.29, 0.717) is 17.4 Å². The molecule has 0 unspecified atom stereocenters. The highest BCUT2D eigenvalue weighted by atomic mass is 35.5. The summed E-state index contributed by atoms with van der Waals surface area (Å²) >= 11 is 5.92. The average molecular weight is 235 g/mol. The van der Waals surface area contributed by atoms with Gasteiger partial charge in [0.15, 0.2) is 0 Å². The van der Waals surface area contributed by atoms with Crippen LogP contribution in [0.5, 0.6) is 0 Å². The normalized spacial score (nSPS) is 10.1. The fourth-order valence-corrected chi connectivity index (χ4v) is 1.49. The van der Waals surface area contributed by atoms with E-state index in [1.54, 1.807) is 12.4 Å². The second kappa shape index (κ2) is 4.90. The molecule has 0 amide bonds. The summed E-state index contributed by atoms with van der Waals surface area (Å²) in [5, 5.41) is 3.63. The number of halogens is 1. The average Bonchev–Trinajstić information content (AvgIpc) is 2.30. The lowest BCUT2D eigenvalue weighted by Crippen LogP contribution is -2.05. The monoisotopic (exact) mass is 234 g/mol. The molecule has 0 saturated carbocycles. The molecule has 0 atom stereocenters. The van der Waals surface area contributed by atoms with Crippen LogP contribution in [0.4, 0.5) is 5.82 Å². The van der Waals surface area contributed by atoms with E-state index in [9.17, 15) is 0 Å². The zero-order valence-electron chi connectivity index (χ0n) is 8.81. The Morgan fingerprint density at radius 1 is 1.38 bits per heavy atom. The van der Waals surface area contributed by atoms with E-state index in [1.807, 2.05) is 19.1 Å². The van der Waals surface area contributed by atoms with Crippen LogP contribution in [0, 0.1) is 6.92 Å². The molecule has 1 N–H and O–H groups in total. The van der Waals surface area contributed by atoms with E-state index in [2.05, 4.69) is 20.3 Å². The molecule has 4 nitrogen and oxygen atoms in total. The lowest BCUT2D eigenvalue weighted by Gasteiger charge is -2.07. The molecule has 2 aromatic rings. The first-order valence-corrected chi connectivity index (χ1v) is 5.25. The summed E-state index contributed by atoms with van der Waals surface area (Å²) in [6.07, 6.45) is 4.78. The van der Waals surface area contributed by atoms with Crippen molar-refractivity contribution in [1.29, 1.82) is 0 Å². The third-order valence-corrected chi connectivity index (χ3v) is 2.49. The van der Waals surface area contributed by atoms with Crippen LogP contribution < -0.4 is 5.32 Å². The van der Waals surface area contributed by atoms with E-state index in [-0.39, 0.29) is 0 Å². The number of hydrogen-bond donors (Lipinski definition) is 1. The van der Waals surface area contributed by atoms with E-state index in [0.717, 1.165) is 11.3 Å². The number of aryl methyl sites for hydroxylation is 1. The van der Waals surface area contributed by atoms with Gasteiger partial charge in [-0.25, -0.2) is 9.97 Å². The zero-order chi connectivity index (χ0) is 11.4. The minimum Gasteiger partial charge on any atom is -0.363 e. The molecule has 0 aliphatic carbocycles. The van der Waals surface area contributed by atoms with Crippen LogP contribution in [-0.4, -0.2) is 15.0 Å². The Bertz CT molecular complexity index is 441. The number of anilines is 1. The first kappa shape index (κ1) is 10.8. The van der Waals surface area contributed by atoms with Crippen molar-refractivity contribution in [1.82, 2.24) is 15.0 Å². The van der Waals surface area contributed by atoms with Gasteiger partial charge in [0, 0.05) is 6.20 Å². The van der Waals surface area contributed by atoms with Gasteiger partial charge in [-0.3, -0.25) is 4.98 Å². The van der Waals surface area contributed by atoms with Gasteiger partial charge in [-0.1, -0.05) is 17.7 Å². The van der Waals surface area contributed by atoms with Crippen LogP contribution >= 0.6 is 11.6 Å². The van der Waals surface area contributed by atoms with Gasteiger partial charge in [0.05, 0.1) is 18.4 Å². The molecule has 0 aromatic carbocycles. The Labute approximate surface area is 98.7 Å². The summed E-state index contributed by atoms with van der Waals surface area (Å²) in [5.41, 5.74) is 2.12. The van der Waals surface area contributed by atoms with Crippen molar-refractivity contribution < 1.29 is 0 Å². The quantitative estimate of drug-likeness (QED) is 0.886. The van der Waals surface area contributed by atoms with Gasteiger partial charge < -0.3 is 5.32 Å². The third kappa shape index (κ3) is 2.46. The maximum atomic E-state index is 5.92. The van der Waals surface area contributed by atoms with Crippen LogP contribution in [0.15, 0.2) is 30.9 Å². The standard InChI is InChI=1S/C11H11ClN4/c1-8-3-2-4-14-10(8)6-15-11-9(12)5-13-7-16-11/h2-5,7H,6H2,1H3,(H,13,15,16). The summed E-state index contributed by atoms with van der Waals surface area (Å²) in [4.78, 5) is 12.1. The van der Waals surface area contributed by atoms with Gasteiger partial charge >= 0.3 is 0 Å². The molecule has 16 heavy (non-hydrogen) atoms. The minimum absolute atomic E-state index is 0.510. The van der Waals surface area contributed by atoms with E-state index >= 15 is 0 Å². The molecule has 0 radical (unpaired) electrons. The van der Waals surface area contributed by atoms with Crippen molar-refractivity contribution in [2.75, 3.05) is 5.32 Å². The molecule has 5 heteroatoms.